The van der Waals surface area contributed by atoms with E-state index >= 15 is 0 Å². The van der Waals surface area contributed by atoms with Gasteiger partial charge in [0.2, 0.25) is 0 Å². The summed E-state index contributed by atoms with van der Waals surface area (Å²) in [6, 6.07) is 18.1. The van der Waals surface area contributed by atoms with Gasteiger partial charge < -0.3 is 28.3 Å². The highest BCUT2D eigenvalue weighted by Gasteiger charge is 2.25. The topological polar surface area (TPSA) is 63.4 Å². The Morgan fingerprint density at radius 3 is 2.59 bits per heavy atom. The molecular formula is C27H30N2O5. The van der Waals surface area contributed by atoms with Gasteiger partial charge in [-0.15, -0.1) is 0 Å². The zero-order chi connectivity index (χ0) is 23.3. The van der Waals surface area contributed by atoms with Crippen molar-refractivity contribution >= 4 is 0 Å². The molecule has 7 nitrogen and oxygen atoms in total. The highest BCUT2D eigenvalue weighted by Crippen LogP contribution is 2.42. The van der Waals surface area contributed by atoms with Gasteiger partial charge in [-0.2, -0.15) is 0 Å². The molecule has 2 aromatic carbocycles. The Kier molecular flexibility index (Phi) is 6.83. The molecule has 1 unspecified atom stereocenters. The van der Waals surface area contributed by atoms with E-state index in [-0.39, 0.29) is 6.10 Å². The zero-order valence-electron chi connectivity index (χ0n) is 19.7. The number of benzene rings is 2. The van der Waals surface area contributed by atoms with Crippen molar-refractivity contribution in [2.45, 2.75) is 25.7 Å². The summed E-state index contributed by atoms with van der Waals surface area (Å²) >= 11 is 0. The average molecular weight is 463 g/mol. The maximum atomic E-state index is 6.23. The molecular weight excluding hydrogens is 432 g/mol. The van der Waals surface area contributed by atoms with E-state index in [1.54, 1.807) is 14.2 Å². The number of aromatic nitrogens is 1. The summed E-state index contributed by atoms with van der Waals surface area (Å²) in [5, 5.41) is 0. The second-order valence-electron chi connectivity index (χ2n) is 8.34. The first-order valence-electron chi connectivity index (χ1n) is 11.6. The Morgan fingerprint density at radius 2 is 1.82 bits per heavy atom. The summed E-state index contributed by atoms with van der Waals surface area (Å²) in [5.41, 5.74) is 5.12. The van der Waals surface area contributed by atoms with Crippen molar-refractivity contribution in [1.82, 2.24) is 4.57 Å². The molecule has 3 heterocycles. The minimum Gasteiger partial charge on any atom is -0.496 e. The minimum atomic E-state index is -0.0376. The van der Waals surface area contributed by atoms with Crippen LogP contribution < -0.4 is 19.7 Å². The molecule has 1 aromatic heterocycles. The van der Waals surface area contributed by atoms with Crippen LogP contribution in [0.25, 0.3) is 11.3 Å². The van der Waals surface area contributed by atoms with Crippen LogP contribution in [-0.4, -0.2) is 51.3 Å². The molecule has 34 heavy (non-hydrogen) atoms. The molecule has 2 aliphatic rings. The zero-order valence-corrected chi connectivity index (χ0v) is 19.7. The molecule has 1 atom stereocenters. The summed E-state index contributed by atoms with van der Waals surface area (Å²) in [6.45, 7) is 3.60. The average Bonchev–Trinajstić information content (AvgIpc) is 2.90. The van der Waals surface area contributed by atoms with Gasteiger partial charge in [0.25, 0.3) is 0 Å². The van der Waals surface area contributed by atoms with E-state index in [2.05, 4.69) is 22.8 Å². The third kappa shape index (κ3) is 4.67. The Morgan fingerprint density at radius 1 is 1.00 bits per heavy atom. The lowest BCUT2D eigenvalue weighted by atomic mass is 9.95. The molecule has 0 aliphatic carbocycles. The van der Waals surface area contributed by atoms with Crippen molar-refractivity contribution in [2.24, 2.45) is 4.99 Å². The van der Waals surface area contributed by atoms with Crippen LogP contribution >= 0.6 is 0 Å². The lowest BCUT2D eigenvalue weighted by Gasteiger charge is -2.27. The molecule has 178 valence electrons. The number of rotatable bonds is 7. The van der Waals surface area contributed by atoms with Crippen LogP contribution in [0.4, 0.5) is 0 Å². The first-order valence-corrected chi connectivity index (χ1v) is 11.6. The van der Waals surface area contributed by atoms with E-state index in [1.807, 2.05) is 36.4 Å². The Bertz CT molecular complexity index is 1200. The molecule has 7 heteroatoms. The second kappa shape index (κ2) is 10.3. The van der Waals surface area contributed by atoms with Crippen molar-refractivity contribution in [1.29, 1.82) is 0 Å². The number of methoxy groups -OCH3 is 2. The second-order valence-corrected chi connectivity index (χ2v) is 8.34. The van der Waals surface area contributed by atoms with Crippen LogP contribution in [0.3, 0.4) is 0 Å². The number of fused-ring (bicyclic) bond motifs is 3. The van der Waals surface area contributed by atoms with Crippen LogP contribution in [-0.2, 0) is 29.0 Å². The highest BCUT2D eigenvalue weighted by atomic mass is 16.6. The fraction of sp³-hybridized carbons (Fsp3) is 0.370. The standard InChI is InChI=1S/C27H30N2O5/c1-30-24-8-9-25(31-2)27-22(24)10-11-29-23(27)14-20(34-17-19-6-4-3-5-7-19)15-26(29)28-16-21-18-32-12-13-33-21/h3-9,14-15,21H,10-13,16-18H2,1-2H3/b28-26+. The summed E-state index contributed by atoms with van der Waals surface area (Å²) in [5.74, 6) is 2.43. The number of nitrogens with zero attached hydrogens (tertiary/aromatic N) is 2. The van der Waals surface area contributed by atoms with Crippen LogP contribution in [0, 0.1) is 0 Å². The Hall–Kier alpha value is -3.29. The van der Waals surface area contributed by atoms with E-state index in [0.717, 1.165) is 58.1 Å². The van der Waals surface area contributed by atoms with Crippen LogP contribution in [0.5, 0.6) is 17.2 Å². The molecule has 0 N–H and O–H groups in total. The first kappa shape index (κ1) is 22.5. The van der Waals surface area contributed by atoms with Gasteiger partial charge >= 0.3 is 0 Å². The molecule has 3 aromatic rings. The monoisotopic (exact) mass is 462 g/mol. The predicted octanol–water partition coefficient (Wildman–Crippen LogP) is 3.62. The lowest BCUT2D eigenvalue weighted by Crippen LogP contribution is -2.33. The van der Waals surface area contributed by atoms with E-state index in [9.17, 15) is 0 Å². The van der Waals surface area contributed by atoms with E-state index < -0.39 is 0 Å². The van der Waals surface area contributed by atoms with Crippen LogP contribution in [0.2, 0.25) is 0 Å². The number of hydrogen-bond acceptors (Lipinski definition) is 6. The van der Waals surface area contributed by atoms with Gasteiger partial charge in [-0.05, 0) is 24.1 Å². The molecule has 2 aliphatic heterocycles. The van der Waals surface area contributed by atoms with Crippen molar-refractivity contribution in [2.75, 3.05) is 40.6 Å². The van der Waals surface area contributed by atoms with E-state index in [4.69, 9.17) is 28.7 Å². The summed E-state index contributed by atoms with van der Waals surface area (Å²) in [4.78, 5) is 4.94. The van der Waals surface area contributed by atoms with Gasteiger partial charge in [0.15, 0.2) is 0 Å². The fourth-order valence-electron chi connectivity index (χ4n) is 4.54. The van der Waals surface area contributed by atoms with Crippen LogP contribution in [0.1, 0.15) is 11.1 Å². The molecule has 1 saturated heterocycles. The largest absolute Gasteiger partial charge is 0.496 e. The number of ether oxygens (including phenoxy) is 5. The van der Waals surface area contributed by atoms with Crippen molar-refractivity contribution < 1.29 is 23.7 Å². The fourth-order valence-corrected chi connectivity index (χ4v) is 4.54. The summed E-state index contributed by atoms with van der Waals surface area (Å²) < 4.78 is 31.2. The third-order valence-electron chi connectivity index (χ3n) is 6.22. The SMILES string of the molecule is COc1ccc(OC)c2c1CCn1c-2cc(OCc2ccccc2)c/c1=N\CC1COCCO1. The maximum absolute atomic E-state index is 6.23. The Balaban J connectivity index is 1.58. The van der Waals surface area contributed by atoms with E-state index in [1.165, 1.54) is 0 Å². The first-order chi connectivity index (χ1) is 16.8. The van der Waals surface area contributed by atoms with Crippen molar-refractivity contribution in [3.8, 4) is 28.5 Å². The van der Waals surface area contributed by atoms with Gasteiger partial charge in [-0.1, -0.05) is 30.3 Å². The normalized spacial score (nSPS) is 17.6. The predicted molar refractivity (Wildman–Crippen MR) is 128 cm³/mol. The van der Waals surface area contributed by atoms with Crippen LogP contribution in [0.15, 0.2) is 59.6 Å². The Labute approximate surface area is 199 Å². The molecule has 0 bridgehead atoms. The van der Waals surface area contributed by atoms with Crippen molar-refractivity contribution in [3.63, 3.8) is 0 Å². The molecule has 0 amide bonds. The summed E-state index contributed by atoms with van der Waals surface area (Å²) in [6.07, 6.45) is 0.785. The van der Waals surface area contributed by atoms with Crippen molar-refractivity contribution in [3.05, 3.63) is 71.2 Å². The quantitative estimate of drug-likeness (QED) is 0.537. The highest BCUT2D eigenvalue weighted by molar-refractivity contribution is 5.76. The van der Waals surface area contributed by atoms with Gasteiger partial charge in [0.05, 0.1) is 46.3 Å². The number of pyridine rings is 1. The third-order valence-corrected chi connectivity index (χ3v) is 6.22. The lowest BCUT2D eigenvalue weighted by molar-refractivity contribution is -0.0835. The number of hydrogen-bond donors (Lipinski definition) is 0. The maximum Gasteiger partial charge on any atom is 0.131 e. The summed E-state index contributed by atoms with van der Waals surface area (Å²) in [7, 11) is 3.40. The molecule has 0 spiro atoms. The minimum absolute atomic E-state index is 0.0376. The molecule has 5 rings (SSSR count). The molecule has 0 saturated carbocycles. The van der Waals surface area contributed by atoms with Gasteiger partial charge in [0, 0.05) is 29.8 Å². The molecule has 1 fully saturated rings. The molecule has 0 radical (unpaired) electrons. The van der Waals surface area contributed by atoms with E-state index in [0.29, 0.717) is 33.0 Å². The van der Waals surface area contributed by atoms with Gasteiger partial charge in [-0.3, -0.25) is 4.99 Å². The van der Waals surface area contributed by atoms with Gasteiger partial charge in [0.1, 0.15) is 35.4 Å². The van der Waals surface area contributed by atoms with Gasteiger partial charge in [-0.25, -0.2) is 0 Å². The smallest absolute Gasteiger partial charge is 0.131 e.